The molecule has 2 aromatic carbocycles. The Morgan fingerprint density at radius 1 is 1.02 bits per heavy atom. The molecule has 6 rings (SSSR count). The van der Waals surface area contributed by atoms with E-state index in [1.54, 1.807) is 35.2 Å². The Morgan fingerprint density at radius 2 is 1.70 bits per heavy atom. The Hall–Kier alpha value is -4.59. The minimum atomic E-state index is -4.77. The number of nitrogens with zero attached hydrogens (tertiary/aromatic N) is 4. The first kappa shape index (κ1) is 32.4. The number of nitrogens with one attached hydrogen (secondary N) is 1. The summed E-state index contributed by atoms with van der Waals surface area (Å²) in [7, 11) is 1.48. The van der Waals surface area contributed by atoms with Gasteiger partial charge in [0.25, 0.3) is 5.91 Å². The molecule has 3 aromatic rings. The van der Waals surface area contributed by atoms with Crippen molar-refractivity contribution in [3.63, 3.8) is 0 Å². The predicted octanol–water partition coefficient (Wildman–Crippen LogP) is 4.69. The van der Waals surface area contributed by atoms with E-state index in [9.17, 15) is 27.9 Å². The highest BCUT2D eigenvalue weighted by Gasteiger charge is 2.45. The lowest BCUT2D eigenvalue weighted by Crippen LogP contribution is -2.41. The number of ether oxygens (including phenoxy) is 2. The molecule has 47 heavy (non-hydrogen) atoms. The molecule has 3 aliphatic rings. The number of aliphatic carboxylic acids is 1. The van der Waals surface area contributed by atoms with Gasteiger partial charge in [-0.05, 0) is 60.8 Å². The first-order valence-corrected chi connectivity index (χ1v) is 15.6. The minimum Gasteiger partial charge on any atom is -0.496 e. The lowest BCUT2D eigenvalue weighted by atomic mass is 9.76. The first-order valence-electron chi connectivity index (χ1n) is 15.6. The molecule has 14 heteroatoms. The zero-order chi connectivity index (χ0) is 33.3. The number of piperidine rings is 1. The number of nitrogen functional groups attached to an aromatic ring is 1. The van der Waals surface area contributed by atoms with Crippen molar-refractivity contribution in [2.24, 2.45) is 5.41 Å². The van der Waals surface area contributed by atoms with Gasteiger partial charge in [0.1, 0.15) is 17.6 Å². The summed E-state index contributed by atoms with van der Waals surface area (Å²) in [4.78, 5) is 36.2. The van der Waals surface area contributed by atoms with Gasteiger partial charge in [0.05, 0.1) is 12.7 Å². The Labute approximate surface area is 269 Å². The van der Waals surface area contributed by atoms with E-state index in [0.29, 0.717) is 80.2 Å². The van der Waals surface area contributed by atoms with E-state index < -0.39 is 24.3 Å². The number of carboxylic acids is 1. The zero-order valence-corrected chi connectivity index (χ0v) is 25.9. The fourth-order valence-corrected chi connectivity index (χ4v) is 6.77. The van der Waals surface area contributed by atoms with Crippen molar-refractivity contribution in [3.05, 3.63) is 59.7 Å². The highest BCUT2D eigenvalue weighted by Crippen LogP contribution is 2.42. The van der Waals surface area contributed by atoms with Crippen LogP contribution in [0.1, 0.15) is 54.1 Å². The maximum atomic E-state index is 14.4. The van der Waals surface area contributed by atoms with Gasteiger partial charge in [-0.15, -0.1) is 0 Å². The third-order valence-corrected chi connectivity index (χ3v) is 9.42. The lowest BCUT2D eigenvalue weighted by Gasteiger charge is -2.39. The number of amides is 1. The van der Waals surface area contributed by atoms with Gasteiger partial charge in [-0.25, -0.2) is 0 Å². The fourth-order valence-electron chi connectivity index (χ4n) is 6.77. The molecule has 0 radical (unpaired) electrons. The fraction of sp³-hybridized carbons (Fsp3) is 0.455. The number of likely N-dealkylation sites (tertiary alicyclic amines) is 1. The molecule has 1 spiro atoms. The van der Waals surface area contributed by atoms with E-state index in [2.05, 4.69) is 15.3 Å². The summed E-state index contributed by atoms with van der Waals surface area (Å²) in [6.07, 6.45) is -3.24. The maximum absolute atomic E-state index is 14.4. The number of aromatic nitrogens is 2. The van der Waals surface area contributed by atoms with E-state index in [4.69, 9.17) is 15.2 Å². The van der Waals surface area contributed by atoms with Crippen LogP contribution in [0.2, 0.25) is 0 Å². The summed E-state index contributed by atoms with van der Waals surface area (Å²) in [6.45, 7) is 3.06. The largest absolute Gasteiger partial charge is 0.496 e. The van der Waals surface area contributed by atoms with Crippen LogP contribution in [0.25, 0.3) is 11.1 Å². The standard InChI is InChI=1S/C33H37F3N6O5/c1-46-25-16-22(8-9-23(25)29(43)42-12-2-3-13-42)20-4-6-21(7-5-20)28(33(34,35)36)47-27-17-26(39-31(37)40-27)41-14-10-32(11-15-41)18-24(30(44)45)38-19-32/h4-9,16-17,24,28,38H,2-3,10-15,18-19H2,1H3,(H,44,45)(H2,37,39,40)/t24-,28+/m0/s1. The van der Waals surface area contributed by atoms with E-state index in [-0.39, 0.29) is 28.7 Å². The Kier molecular flexibility index (Phi) is 8.88. The Morgan fingerprint density at radius 3 is 2.32 bits per heavy atom. The van der Waals surface area contributed by atoms with Gasteiger partial charge in [-0.1, -0.05) is 30.3 Å². The van der Waals surface area contributed by atoms with E-state index in [1.165, 1.54) is 25.3 Å². The van der Waals surface area contributed by atoms with Crippen LogP contribution in [0.15, 0.2) is 48.5 Å². The van der Waals surface area contributed by atoms with Gasteiger partial charge >= 0.3 is 12.1 Å². The van der Waals surface area contributed by atoms with Crippen LogP contribution >= 0.6 is 0 Å². The first-order chi connectivity index (χ1) is 22.4. The second-order valence-electron chi connectivity index (χ2n) is 12.5. The maximum Gasteiger partial charge on any atom is 0.429 e. The monoisotopic (exact) mass is 654 g/mol. The molecule has 11 nitrogen and oxygen atoms in total. The normalized spacial score (nSPS) is 20.0. The average Bonchev–Trinajstić information content (AvgIpc) is 3.74. The number of carbonyl (C=O) groups is 2. The van der Waals surface area contributed by atoms with Gasteiger partial charge in [0.15, 0.2) is 0 Å². The highest BCUT2D eigenvalue weighted by molar-refractivity contribution is 5.97. The number of benzene rings is 2. The molecular formula is C33H37F3N6O5. The number of nitrogens with two attached hydrogens (primary N) is 1. The van der Waals surface area contributed by atoms with Gasteiger partial charge in [0, 0.05) is 44.4 Å². The number of methoxy groups -OCH3 is 1. The second kappa shape index (κ2) is 12.9. The van der Waals surface area contributed by atoms with Crippen molar-refractivity contribution >= 4 is 23.6 Å². The van der Waals surface area contributed by atoms with Crippen LogP contribution in [-0.2, 0) is 4.79 Å². The second-order valence-corrected chi connectivity index (χ2v) is 12.5. The number of anilines is 2. The van der Waals surface area contributed by atoms with Crippen LogP contribution < -0.4 is 25.4 Å². The zero-order valence-electron chi connectivity index (χ0n) is 25.9. The van der Waals surface area contributed by atoms with Crippen molar-refractivity contribution in [3.8, 4) is 22.8 Å². The Balaban J connectivity index is 1.17. The topological polar surface area (TPSA) is 143 Å². The molecule has 2 atom stereocenters. The molecule has 250 valence electrons. The van der Waals surface area contributed by atoms with Gasteiger partial charge < -0.3 is 35.4 Å². The van der Waals surface area contributed by atoms with Gasteiger partial charge in [0.2, 0.25) is 17.9 Å². The average molecular weight is 655 g/mol. The van der Waals surface area contributed by atoms with Crippen LogP contribution in [0.3, 0.4) is 0 Å². The third kappa shape index (κ3) is 6.92. The third-order valence-electron chi connectivity index (χ3n) is 9.42. The molecule has 3 fully saturated rings. The molecule has 4 N–H and O–H groups in total. The van der Waals surface area contributed by atoms with Crippen LogP contribution in [-0.4, -0.2) is 83.9 Å². The number of carbonyl (C=O) groups excluding carboxylic acids is 1. The van der Waals surface area contributed by atoms with Crippen molar-refractivity contribution in [2.75, 3.05) is 50.5 Å². The van der Waals surface area contributed by atoms with Crippen molar-refractivity contribution in [1.29, 1.82) is 0 Å². The summed E-state index contributed by atoms with van der Waals surface area (Å²) in [6, 6.07) is 11.7. The van der Waals surface area contributed by atoms with Crippen LogP contribution in [0, 0.1) is 5.41 Å². The van der Waals surface area contributed by atoms with Crippen molar-refractivity contribution in [1.82, 2.24) is 20.2 Å². The minimum absolute atomic E-state index is 0.107. The SMILES string of the molecule is COc1cc(-c2ccc([C@@H](Oc3cc(N4CCC5(CC4)CN[C@H](C(=O)O)C5)nc(N)n3)C(F)(F)F)cc2)ccc1C(=O)N1CCCC1. The van der Waals surface area contributed by atoms with Crippen LogP contribution in [0.5, 0.6) is 11.6 Å². The number of hydrogen-bond acceptors (Lipinski definition) is 9. The van der Waals surface area contributed by atoms with E-state index >= 15 is 0 Å². The van der Waals surface area contributed by atoms with E-state index in [0.717, 1.165) is 12.8 Å². The van der Waals surface area contributed by atoms with Gasteiger partial charge in [-0.3, -0.25) is 9.59 Å². The van der Waals surface area contributed by atoms with Crippen LogP contribution in [0.4, 0.5) is 24.9 Å². The summed E-state index contributed by atoms with van der Waals surface area (Å²) in [5, 5.41) is 12.4. The Bertz CT molecular complexity index is 1620. The number of alkyl halides is 3. The molecule has 3 saturated heterocycles. The molecule has 0 bridgehead atoms. The number of halogens is 3. The smallest absolute Gasteiger partial charge is 0.429 e. The number of carboxylic acid groups (broad SMARTS) is 1. The number of hydrogen-bond donors (Lipinski definition) is 3. The summed E-state index contributed by atoms with van der Waals surface area (Å²) < 4.78 is 54.1. The molecule has 0 unspecified atom stereocenters. The molecule has 1 amide bonds. The van der Waals surface area contributed by atoms with E-state index in [1.807, 2.05) is 4.90 Å². The van der Waals surface area contributed by atoms with Crippen molar-refractivity contribution in [2.45, 2.75) is 50.4 Å². The molecule has 3 aliphatic heterocycles. The lowest BCUT2D eigenvalue weighted by molar-refractivity contribution is -0.198. The molecular weight excluding hydrogens is 617 g/mol. The molecule has 1 aromatic heterocycles. The summed E-state index contributed by atoms with van der Waals surface area (Å²) in [5.41, 5.74) is 7.39. The molecule has 0 saturated carbocycles. The quantitative estimate of drug-likeness (QED) is 0.313. The van der Waals surface area contributed by atoms with Crippen molar-refractivity contribution < 1.29 is 37.3 Å². The molecule has 0 aliphatic carbocycles. The summed E-state index contributed by atoms with van der Waals surface area (Å²) in [5.74, 6) is -0.767. The predicted molar refractivity (Wildman–Crippen MR) is 167 cm³/mol. The highest BCUT2D eigenvalue weighted by atomic mass is 19.4. The van der Waals surface area contributed by atoms with Gasteiger partial charge in [-0.2, -0.15) is 23.1 Å². The number of rotatable bonds is 8. The molecule has 4 heterocycles. The summed E-state index contributed by atoms with van der Waals surface area (Å²) >= 11 is 0.